The standard InChI is InChI=1S/C11H15NO2/c13-8-10-2-1-3-11(12-10)14-7-6-9-4-5-9/h1-3,9,13H,4-8H2. The molecule has 1 aliphatic rings. The van der Waals surface area contributed by atoms with E-state index in [1.165, 1.54) is 12.8 Å². The van der Waals surface area contributed by atoms with Gasteiger partial charge in [0.15, 0.2) is 0 Å². The van der Waals surface area contributed by atoms with E-state index < -0.39 is 0 Å². The molecule has 0 unspecified atom stereocenters. The average Bonchev–Trinajstić information content (AvgIpc) is 3.02. The Hall–Kier alpha value is -1.09. The topological polar surface area (TPSA) is 42.4 Å². The summed E-state index contributed by atoms with van der Waals surface area (Å²) in [5.74, 6) is 1.51. The second-order valence-electron chi connectivity index (χ2n) is 3.71. The second kappa shape index (κ2) is 4.42. The van der Waals surface area contributed by atoms with Gasteiger partial charge in [0.2, 0.25) is 5.88 Å². The van der Waals surface area contributed by atoms with Gasteiger partial charge in [0, 0.05) is 6.07 Å². The van der Waals surface area contributed by atoms with Crippen LogP contribution in [-0.2, 0) is 6.61 Å². The zero-order valence-electron chi connectivity index (χ0n) is 8.15. The van der Waals surface area contributed by atoms with Gasteiger partial charge in [0.1, 0.15) is 0 Å². The van der Waals surface area contributed by atoms with Crippen LogP contribution in [0.25, 0.3) is 0 Å². The minimum absolute atomic E-state index is 0.0280. The van der Waals surface area contributed by atoms with Gasteiger partial charge in [-0.15, -0.1) is 0 Å². The Labute approximate surface area is 83.7 Å². The average molecular weight is 193 g/mol. The van der Waals surface area contributed by atoms with Crippen LogP contribution in [0.4, 0.5) is 0 Å². The van der Waals surface area contributed by atoms with E-state index in [9.17, 15) is 0 Å². The lowest BCUT2D eigenvalue weighted by Gasteiger charge is -2.05. The maximum Gasteiger partial charge on any atom is 0.213 e. The summed E-state index contributed by atoms with van der Waals surface area (Å²) in [6.07, 6.45) is 3.84. The van der Waals surface area contributed by atoms with Crippen molar-refractivity contribution in [3.8, 4) is 5.88 Å². The Morgan fingerprint density at radius 2 is 2.29 bits per heavy atom. The number of ether oxygens (including phenoxy) is 1. The number of hydrogen-bond acceptors (Lipinski definition) is 3. The molecule has 1 fully saturated rings. The second-order valence-corrected chi connectivity index (χ2v) is 3.71. The van der Waals surface area contributed by atoms with Crippen molar-refractivity contribution >= 4 is 0 Å². The Morgan fingerprint density at radius 1 is 1.43 bits per heavy atom. The fourth-order valence-corrected chi connectivity index (χ4v) is 1.36. The van der Waals surface area contributed by atoms with Crippen LogP contribution < -0.4 is 4.74 Å². The third kappa shape index (κ3) is 2.70. The molecule has 0 spiro atoms. The highest BCUT2D eigenvalue weighted by molar-refractivity contribution is 5.15. The number of rotatable bonds is 5. The quantitative estimate of drug-likeness (QED) is 0.774. The first kappa shape index (κ1) is 9.46. The van der Waals surface area contributed by atoms with E-state index in [0.29, 0.717) is 11.6 Å². The molecule has 2 rings (SSSR count). The maximum atomic E-state index is 8.87. The van der Waals surface area contributed by atoms with Crippen molar-refractivity contribution in [1.82, 2.24) is 4.98 Å². The summed E-state index contributed by atoms with van der Waals surface area (Å²) in [5, 5.41) is 8.87. The van der Waals surface area contributed by atoms with E-state index >= 15 is 0 Å². The molecule has 1 aromatic heterocycles. The first-order chi connectivity index (χ1) is 6.88. The molecule has 3 heteroatoms. The smallest absolute Gasteiger partial charge is 0.213 e. The fraction of sp³-hybridized carbons (Fsp3) is 0.545. The lowest BCUT2D eigenvalue weighted by atomic mass is 10.3. The molecular formula is C11H15NO2. The van der Waals surface area contributed by atoms with Crippen molar-refractivity contribution in [3.05, 3.63) is 23.9 Å². The van der Waals surface area contributed by atoms with Crippen molar-refractivity contribution in [2.24, 2.45) is 5.92 Å². The van der Waals surface area contributed by atoms with E-state index in [1.807, 2.05) is 12.1 Å². The summed E-state index contributed by atoms with van der Waals surface area (Å²) < 4.78 is 5.48. The van der Waals surface area contributed by atoms with Crippen LogP contribution >= 0.6 is 0 Å². The summed E-state index contributed by atoms with van der Waals surface area (Å²) in [6.45, 7) is 0.715. The Kier molecular flexibility index (Phi) is 2.99. The molecule has 0 aromatic carbocycles. The van der Waals surface area contributed by atoms with Gasteiger partial charge in [-0.1, -0.05) is 18.9 Å². The van der Waals surface area contributed by atoms with Crippen LogP contribution in [0.15, 0.2) is 18.2 Å². The lowest BCUT2D eigenvalue weighted by molar-refractivity contribution is 0.266. The largest absolute Gasteiger partial charge is 0.478 e. The minimum atomic E-state index is -0.0280. The van der Waals surface area contributed by atoms with E-state index in [2.05, 4.69) is 4.98 Å². The van der Waals surface area contributed by atoms with Gasteiger partial charge >= 0.3 is 0 Å². The van der Waals surface area contributed by atoms with Crippen LogP contribution in [0, 0.1) is 5.92 Å². The minimum Gasteiger partial charge on any atom is -0.478 e. The van der Waals surface area contributed by atoms with Crippen LogP contribution in [0.1, 0.15) is 25.0 Å². The highest BCUT2D eigenvalue weighted by Crippen LogP contribution is 2.32. The van der Waals surface area contributed by atoms with Crippen molar-refractivity contribution in [3.63, 3.8) is 0 Å². The SMILES string of the molecule is OCc1cccc(OCCC2CC2)n1. The normalized spacial score (nSPS) is 15.5. The van der Waals surface area contributed by atoms with E-state index in [4.69, 9.17) is 9.84 Å². The predicted molar refractivity (Wildman–Crippen MR) is 53.0 cm³/mol. The zero-order chi connectivity index (χ0) is 9.80. The summed E-state index contributed by atoms with van der Waals surface area (Å²) in [5.41, 5.74) is 0.661. The van der Waals surface area contributed by atoms with Gasteiger partial charge in [0.05, 0.1) is 18.9 Å². The number of nitrogens with zero attached hydrogens (tertiary/aromatic N) is 1. The Morgan fingerprint density at radius 3 is 3.00 bits per heavy atom. The summed E-state index contributed by atoms with van der Waals surface area (Å²) in [7, 11) is 0. The maximum absolute atomic E-state index is 8.87. The van der Waals surface area contributed by atoms with Crippen molar-refractivity contribution in [2.75, 3.05) is 6.61 Å². The monoisotopic (exact) mass is 193 g/mol. The fourth-order valence-electron chi connectivity index (χ4n) is 1.36. The molecule has 0 bridgehead atoms. The van der Waals surface area contributed by atoms with Crippen molar-refractivity contribution < 1.29 is 9.84 Å². The van der Waals surface area contributed by atoms with Crippen molar-refractivity contribution in [2.45, 2.75) is 25.9 Å². The van der Waals surface area contributed by atoms with Crippen molar-refractivity contribution in [1.29, 1.82) is 0 Å². The molecule has 14 heavy (non-hydrogen) atoms. The first-order valence-electron chi connectivity index (χ1n) is 5.08. The molecular weight excluding hydrogens is 178 g/mol. The van der Waals surface area contributed by atoms with E-state index in [1.54, 1.807) is 6.07 Å². The number of aromatic nitrogens is 1. The van der Waals surface area contributed by atoms with Crippen LogP contribution in [-0.4, -0.2) is 16.7 Å². The number of aliphatic hydroxyl groups is 1. The molecule has 1 aliphatic carbocycles. The molecule has 1 N–H and O–H groups in total. The van der Waals surface area contributed by atoms with Gasteiger partial charge in [-0.25, -0.2) is 4.98 Å². The third-order valence-corrected chi connectivity index (χ3v) is 2.42. The summed E-state index contributed by atoms with van der Waals surface area (Å²) in [4.78, 5) is 4.14. The molecule has 0 aliphatic heterocycles. The zero-order valence-corrected chi connectivity index (χ0v) is 8.15. The molecule has 0 saturated heterocycles. The predicted octanol–water partition coefficient (Wildman–Crippen LogP) is 1.75. The summed E-state index contributed by atoms with van der Waals surface area (Å²) in [6, 6.07) is 5.46. The van der Waals surface area contributed by atoms with Gasteiger partial charge in [-0.2, -0.15) is 0 Å². The van der Waals surface area contributed by atoms with Gasteiger partial charge in [-0.3, -0.25) is 0 Å². The molecule has 0 radical (unpaired) electrons. The molecule has 0 amide bonds. The van der Waals surface area contributed by atoms with Gasteiger partial charge in [0.25, 0.3) is 0 Å². The van der Waals surface area contributed by atoms with Crippen LogP contribution in [0.2, 0.25) is 0 Å². The molecule has 1 aromatic rings. The van der Waals surface area contributed by atoms with E-state index in [0.717, 1.165) is 18.9 Å². The Balaban J connectivity index is 1.81. The number of pyridine rings is 1. The lowest BCUT2D eigenvalue weighted by Crippen LogP contribution is -2.01. The number of aliphatic hydroxyl groups excluding tert-OH is 1. The molecule has 76 valence electrons. The Bertz CT molecular complexity index is 297. The third-order valence-electron chi connectivity index (χ3n) is 2.42. The van der Waals surface area contributed by atoms with Crippen LogP contribution in [0.3, 0.4) is 0 Å². The molecule has 1 saturated carbocycles. The highest BCUT2D eigenvalue weighted by atomic mass is 16.5. The molecule has 0 atom stereocenters. The van der Waals surface area contributed by atoms with Crippen LogP contribution in [0.5, 0.6) is 5.88 Å². The van der Waals surface area contributed by atoms with Gasteiger partial charge in [-0.05, 0) is 18.4 Å². The van der Waals surface area contributed by atoms with E-state index in [-0.39, 0.29) is 6.61 Å². The van der Waals surface area contributed by atoms with Gasteiger partial charge < -0.3 is 9.84 Å². The summed E-state index contributed by atoms with van der Waals surface area (Å²) >= 11 is 0. The highest BCUT2D eigenvalue weighted by Gasteiger charge is 2.20. The molecule has 1 heterocycles. The first-order valence-corrected chi connectivity index (χ1v) is 5.08. The number of hydrogen-bond donors (Lipinski definition) is 1. The molecule has 3 nitrogen and oxygen atoms in total.